The largest absolute Gasteiger partial charge is 0.369 e. The van der Waals surface area contributed by atoms with Gasteiger partial charge >= 0.3 is 0 Å². The Morgan fingerprint density at radius 2 is 2.06 bits per heavy atom. The molecule has 0 saturated carbocycles. The molecule has 3 N–H and O–H groups in total. The molecule has 1 aliphatic heterocycles. The molecule has 32 heavy (non-hydrogen) atoms. The molecule has 166 valence electrons. The Kier molecular flexibility index (Phi) is 6.16. The molecule has 1 fully saturated rings. The topological polar surface area (TPSA) is 123 Å². The fourth-order valence-corrected chi connectivity index (χ4v) is 4.01. The van der Waals surface area contributed by atoms with Gasteiger partial charge in [-0.25, -0.2) is 9.97 Å². The van der Waals surface area contributed by atoms with Gasteiger partial charge in [0, 0.05) is 26.1 Å². The lowest BCUT2D eigenvalue weighted by Gasteiger charge is -2.32. The van der Waals surface area contributed by atoms with Gasteiger partial charge in [0.05, 0.1) is 35.0 Å². The predicted octanol–water partition coefficient (Wildman–Crippen LogP) is 1.83. The maximum absolute atomic E-state index is 12.7. The molecule has 1 saturated heterocycles. The molecule has 3 aromatic rings. The standard InChI is InChI=1S/C23H26N6O3/c1-15-4-2-6-18-21(15)26-14-29(23(18)32)11-9-20(30)27-17-7-8-19(25-12-17)28-10-3-5-16(13-28)22(24)31/h2,4,6-8,12,14,16H,3,5,9-11,13H2,1H3,(H2,24,31)(H,27,30). The van der Waals surface area contributed by atoms with E-state index in [1.807, 2.05) is 30.0 Å². The Labute approximate surface area is 185 Å². The lowest BCUT2D eigenvalue weighted by atomic mass is 9.97. The van der Waals surface area contributed by atoms with Crippen LogP contribution in [0.25, 0.3) is 10.9 Å². The van der Waals surface area contributed by atoms with Gasteiger partial charge < -0.3 is 16.0 Å². The number of aromatic nitrogens is 3. The third-order valence-corrected chi connectivity index (χ3v) is 5.81. The van der Waals surface area contributed by atoms with E-state index in [-0.39, 0.29) is 36.3 Å². The van der Waals surface area contributed by atoms with Crippen molar-refractivity contribution in [3.8, 4) is 0 Å². The normalized spacial score (nSPS) is 16.2. The maximum Gasteiger partial charge on any atom is 0.261 e. The van der Waals surface area contributed by atoms with Crippen LogP contribution in [0.1, 0.15) is 24.8 Å². The predicted molar refractivity (Wildman–Crippen MR) is 122 cm³/mol. The van der Waals surface area contributed by atoms with Crippen LogP contribution in [0.4, 0.5) is 11.5 Å². The van der Waals surface area contributed by atoms with E-state index in [0.717, 1.165) is 30.8 Å². The van der Waals surface area contributed by atoms with Crippen molar-refractivity contribution < 1.29 is 9.59 Å². The number of fused-ring (bicyclic) bond motifs is 1. The third-order valence-electron chi connectivity index (χ3n) is 5.81. The Bertz CT molecular complexity index is 1200. The van der Waals surface area contributed by atoms with Gasteiger partial charge in [-0.1, -0.05) is 12.1 Å². The monoisotopic (exact) mass is 434 g/mol. The van der Waals surface area contributed by atoms with E-state index < -0.39 is 0 Å². The number of nitrogens with two attached hydrogens (primary N) is 1. The molecule has 0 radical (unpaired) electrons. The van der Waals surface area contributed by atoms with Gasteiger partial charge in [0.25, 0.3) is 5.56 Å². The fraction of sp³-hybridized carbons (Fsp3) is 0.348. The smallest absolute Gasteiger partial charge is 0.261 e. The quantitative estimate of drug-likeness (QED) is 0.610. The van der Waals surface area contributed by atoms with Gasteiger partial charge in [-0.15, -0.1) is 0 Å². The highest BCUT2D eigenvalue weighted by Gasteiger charge is 2.24. The molecule has 3 heterocycles. The van der Waals surface area contributed by atoms with Crippen LogP contribution < -0.4 is 21.5 Å². The Balaban J connectivity index is 1.36. The van der Waals surface area contributed by atoms with E-state index in [0.29, 0.717) is 23.1 Å². The van der Waals surface area contributed by atoms with Crippen molar-refractivity contribution in [3.63, 3.8) is 0 Å². The minimum atomic E-state index is -0.283. The first-order valence-electron chi connectivity index (χ1n) is 10.7. The minimum absolute atomic E-state index is 0.132. The zero-order chi connectivity index (χ0) is 22.7. The molecular weight excluding hydrogens is 408 g/mol. The van der Waals surface area contributed by atoms with E-state index in [2.05, 4.69) is 15.3 Å². The van der Waals surface area contributed by atoms with E-state index in [4.69, 9.17) is 5.73 Å². The molecule has 9 nitrogen and oxygen atoms in total. The highest BCUT2D eigenvalue weighted by Crippen LogP contribution is 2.22. The number of carbonyl (C=O) groups excluding carboxylic acids is 2. The van der Waals surface area contributed by atoms with Crippen LogP contribution in [0, 0.1) is 12.8 Å². The first-order chi connectivity index (χ1) is 15.4. The number of anilines is 2. The van der Waals surface area contributed by atoms with Crippen molar-refractivity contribution in [1.29, 1.82) is 0 Å². The van der Waals surface area contributed by atoms with Crippen molar-refractivity contribution in [2.75, 3.05) is 23.3 Å². The van der Waals surface area contributed by atoms with E-state index in [9.17, 15) is 14.4 Å². The molecule has 9 heteroatoms. The number of hydrogen-bond donors (Lipinski definition) is 2. The molecule has 0 spiro atoms. The number of rotatable bonds is 6. The number of nitrogens with one attached hydrogen (secondary N) is 1. The van der Waals surface area contributed by atoms with Crippen molar-refractivity contribution in [3.05, 3.63) is 58.8 Å². The maximum atomic E-state index is 12.7. The lowest BCUT2D eigenvalue weighted by molar-refractivity contribution is -0.122. The Hall–Kier alpha value is -3.75. The highest BCUT2D eigenvalue weighted by atomic mass is 16.2. The van der Waals surface area contributed by atoms with Crippen LogP contribution in [0.5, 0.6) is 0 Å². The summed E-state index contributed by atoms with van der Waals surface area (Å²) in [4.78, 5) is 47.3. The summed E-state index contributed by atoms with van der Waals surface area (Å²) >= 11 is 0. The second kappa shape index (κ2) is 9.17. The third kappa shape index (κ3) is 4.61. The Morgan fingerprint density at radius 1 is 1.22 bits per heavy atom. The van der Waals surface area contributed by atoms with Crippen LogP contribution in [-0.4, -0.2) is 39.4 Å². The van der Waals surface area contributed by atoms with Gasteiger partial charge in [-0.05, 0) is 43.5 Å². The molecule has 0 aliphatic carbocycles. The summed E-state index contributed by atoms with van der Waals surface area (Å²) in [5, 5.41) is 3.35. The summed E-state index contributed by atoms with van der Waals surface area (Å²) < 4.78 is 1.45. The zero-order valence-corrected chi connectivity index (χ0v) is 18.0. The summed E-state index contributed by atoms with van der Waals surface area (Å²) in [5.41, 5.74) is 7.47. The molecule has 1 aromatic carbocycles. The summed E-state index contributed by atoms with van der Waals surface area (Å²) in [6, 6.07) is 9.08. The number of amides is 2. The number of pyridine rings is 1. The summed E-state index contributed by atoms with van der Waals surface area (Å²) in [5.74, 6) is 0.0804. The van der Waals surface area contributed by atoms with Crippen molar-refractivity contribution in [1.82, 2.24) is 14.5 Å². The van der Waals surface area contributed by atoms with Crippen LogP contribution in [0.3, 0.4) is 0 Å². The molecule has 2 amide bonds. The molecule has 1 aliphatic rings. The number of para-hydroxylation sites is 1. The van der Waals surface area contributed by atoms with Crippen molar-refractivity contribution in [2.24, 2.45) is 11.7 Å². The number of carbonyl (C=O) groups is 2. The second-order valence-electron chi connectivity index (χ2n) is 8.10. The molecule has 1 unspecified atom stereocenters. The number of nitrogens with zero attached hydrogens (tertiary/aromatic N) is 4. The molecular formula is C23H26N6O3. The second-order valence-corrected chi connectivity index (χ2v) is 8.10. The molecule has 2 aromatic heterocycles. The summed E-state index contributed by atoms with van der Waals surface area (Å²) in [7, 11) is 0. The highest BCUT2D eigenvalue weighted by molar-refractivity contribution is 5.90. The lowest BCUT2D eigenvalue weighted by Crippen LogP contribution is -2.41. The van der Waals surface area contributed by atoms with Crippen LogP contribution >= 0.6 is 0 Å². The van der Waals surface area contributed by atoms with Crippen molar-refractivity contribution >= 4 is 34.2 Å². The molecule has 4 rings (SSSR count). The number of aryl methyl sites for hydroxylation is 2. The first-order valence-corrected chi connectivity index (χ1v) is 10.7. The van der Waals surface area contributed by atoms with Gasteiger partial charge in [0.2, 0.25) is 11.8 Å². The van der Waals surface area contributed by atoms with Gasteiger partial charge in [0.15, 0.2) is 0 Å². The van der Waals surface area contributed by atoms with E-state index >= 15 is 0 Å². The summed E-state index contributed by atoms with van der Waals surface area (Å²) in [6.07, 6.45) is 4.89. The summed E-state index contributed by atoms with van der Waals surface area (Å²) in [6.45, 7) is 3.52. The van der Waals surface area contributed by atoms with Crippen LogP contribution in [-0.2, 0) is 16.1 Å². The number of hydrogen-bond acceptors (Lipinski definition) is 6. The van der Waals surface area contributed by atoms with Crippen LogP contribution in [0.2, 0.25) is 0 Å². The van der Waals surface area contributed by atoms with Gasteiger partial charge in [-0.3, -0.25) is 19.0 Å². The van der Waals surface area contributed by atoms with Crippen LogP contribution in [0.15, 0.2) is 47.7 Å². The van der Waals surface area contributed by atoms with Gasteiger partial charge in [0.1, 0.15) is 5.82 Å². The van der Waals surface area contributed by atoms with E-state index in [1.165, 1.54) is 10.9 Å². The molecule has 1 atom stereocenters. The molecule has 0 bridgehead atoms. The number of piperidine rings is 1. The van der Waals surface area contributed by atoms with Crippen molar-refractivity contribution in [2.45, 2.75) is 32.7 Å². The van der Waals surface area contributed by atoms with Gasteiger partial charge in [-0.2, -0.15) is 0 Å². The number of benzene rings is 1. The fourth-order valence-electron chi connectivity index (χ4n) is 4.01. The number of primary amides is 1. The first kappa shape index (κ1) is 21.5. The Morgan fingerprint density at radius 3 is 2.81 bits per heavy atom. The minimum Gasteiger partial charge on any atom is -0.369 e. The average molecular weight is 435 g/mol. The SMILES string of the molecule is Cc1cccc2c(=O)n(CCC(=O)Nc3ccc(N4CCCC(C(N)=O)C4)nc3)cnc12. The van der Waals surface area contributed by atoms with E-state index in [1.54, 1.807) is 18.3 Å². The zero-order valence-electron chi connectivity index (χ0n) is 18.0. The average Bonchev–Trinajstić information content (AvgIpc) is 2.80.